The summed E-state index contributed by atoms with van der Waals surface area (Å²) >= 11 is 0. The molecule has 4 heteroatoms. The monoisotopic (exact) mass is 196 g/mol. The molecule has 74 valence electrons. The second-order valence-corrected chi connectivity index (χ2v) is 3.00. The summed E-state index contributed by atoms with van der Waals surface area (Å²) in [7, 11) is 0. The summed E-state index contributed by atoms with van der Waals surface area (Å²) in [5.41, 5.74) is 0.844. The van der Waals surface area contributed by atoms with E-state index in [9.17, 15) is 14.0 Å². The molecule has 0 saturated carbocycles. The SMILES string of the molecule is Cc1ccc(CC(=O)C(=O)O)c(F)c1. The van der Waals surface area contributed by atoms with Gasteiger partial charge in [-0.25, -0.2) is 9.18 Å². The molecule has 1 aromatic rings. The molecule has 1 N–H and O–H groups in total. The molecule has 1 aromatic carbocycles. The minimum atomic E-state index is -1.54. The van der Waals surface area contributed by atoms with Crippen molar-refractivity contribution < 1.29 is 19.1 Å². The van der Waals surface area contributed by atoms with E-state index < -0.39 is 24.0 Å². The fourth-order valence-electron chi connectivity index (χ4n) is 1.04. The van der Waals surface area contributed by atoms with Gasteiger partial charge in [0.25, 0.3) is 0 Å². The van der Waals surface area contributed by atoms with Gasteiger partial charge in [0.05, 0.1) is 0 Å². The van der Waals surface area contributed by atoms with Gasteiger partial charge in [0.2, 0.25) is 5.78 Å². The van der Waals surface area contributed by atoms with E-state index in [4.69, 9.17) is 5.11 Å². The van der Waals surface area contributed by atoms with Crippen molar-refractivity contribution in [3.05, 3.63) is 35.1 Å². The van der Waals surface area contributed by atoms with E-state index in [1.807, 2.05) is 0 Å². The van der Waals surface area contributed by atoms with Gasteiger partial charge < -0.3 is 5.11 Å². The number of ketones is 1. The highest BCUT2D eigenvalue weighted by molar-refractivity contribution is 6.33. The van der Waals surface area contributed by atoms with Crippen LogP contribution < -0.4 is 0 Å². The molecular weight excluding hydrogens is 187 g/mol. The molecule has 0 saturated heterocycles. The van der Waals surface area contributed by atoms with Crippen LogP contribution in [-0.2, 0) is 16.0 Å². The van der Waals surface area contributed by atoms with Crippen LogP contribution in [0.15, 0.2) is 18.2 Å². The maximum absolute atomic E-state index is 13.1. The topological polar surface area (TPSA) is 54.4 Å². The summed E-state index contributed by atoms with van der Waals surface area (Å²) < 4.78 is 13.1. The van der Waals surface area contributed by atoms with Crippen LogP contribution in [0.2, 0.25) is 0 Å². The number of hydrogen-bond donors (Lipinski definition) is 1. The third kappa shape index (κ3) is 2.39. The van der Waals surface area contributed by atoms with Crippen molar-refractivity contribution in [1.82, 2.24) is 0 Å². The largest absolute Gasteiger partial charge is 0.475 e. The normalized spacial score (nSPS) is 9.86. The minimum absolute atomic E-state index is 0.114. The number of Topliss-reactive ketones (excluding diaryl/α,β-unsaturated/α-hetero) is 1. The maximum atomic E-state index is 13.1. The zero-order valence-electron chi connectivity index (χ0n) is 7.58. The fraction of sp³-hybridized carbons (Fsp3) is 0.200. The lowest BCUT2D eigenvalue weighted by Crippen LogP contribution is -2.15. The summed E-state index contributed by atoms with van der Waals surface area (Å²) in [5, 5.41) is 8.32. The van der Waals surface area contributed by atoms with Gasteiger partial charge in [0.15, 0.2) is 0 Å². The third-order valence-corrected chi connectivity index (χ3v) is 1.80. The Kier molecular flexibility index (Phi) is 2.96. The van der Waals surface area contributed by atoms with Crippen molar-refractivity contribution in [2.24, 2.45) is 0 Å². The van der Waals surface area contributed by atoms with Crippen LogP contribution in [0.1, 0.15) is 11.1 Å². The van der Waals surface area contributed by atoms with Gasteiger partial charge >= 0.3 is 5.97 Å². The van der Waals surface area contributed by atoms with Gasteiger partial charge in [-0.2, -0.15) is 0 Å². The summed E-state index contributed by atoms with van der Waals surface area (Å²) in [6.45, 7) is 1.71. The molecule has 0 aliphatic heterocycles. The predicted octanol–water partition coefficient (Wildman–Crippen LogP) is 1.33. The van der Waals surface area contributed by atoms with E-state index >= 15 is 0 Å². The Labute approximate surface area is 80.2 Å². The van der Waals surface area contributed by atoms with Crippen LogP contribution in [0.3, 0.4) is 0 Å². The number of aryl methyl sites for hydroxylation is 1. The minimum Gasteiger partial charge on any atom is -0.475 e. The highest BCUT2D eigenvalue weighted by atomic mass is 19.1. The third-order valence-electron chi connectivity index (χ3n) is 1.80. The van der Waals surface area contributed by atoms with Gasteiger partial charge in [-0.05, 0) is 24.1 Å². The average Bonchev–Trinajstić information content (AvgIpc) is 2.09. The number of aliphatic carboxylic acids is 1. The molecule has 0 fully saturated rings. The lowest BCUT2D eigenvalue weighted by Gasteiger charge is -2.00. The molecule has 0 radical (unpaired) electrons. The van der Waals surface area contributed by atoms with Gasteiger partial charge in [-0.1, -0.05) is 12.1 Å². The first kappa shape index (κ1) is 10.4. The van der Waals surface area contributed by atoms with Gasteiger partial charge in [0, 0.05) is 6.42 Å². The van der Waals surface area contributed by atoms with Crippen LogP contribution in [0.4, 0.5) is 4.39 Å². The number of halogens is 1. The van der Waals surface area contributed by atoms with E-state index in [2.05, 4.69) is 0 Å². The highest BCUT2D eigenvalue weighted by Crippen LogP contribution is 2.10. The van der Waals surface area contributed by atoms with Crippen molar-refractivity contribution in [2.45, 2.75) is 13.3 Å². The average molecular weight is 196 g/mol. The lowest BCUT2D eigenvalue weighted by atomic mass is 10.1. The van der Waals surface area contributed by atoms with E-state index in [-0.39, 0.29) is 5.56 Å². The first-order valence-corrected chi connectivity index (χ1v) is 4.02. The molecule has 0 atom stereocenters. The van der Waals surface area contributed by atoms with Crippen LogP contribution in [0.5, 0.6) is 0 Å². The summed E-state index contributed by atoms with van der Waals surface area (Å²) in [4.78, 5) is 21.0. The van der Waals surface area contributed by atoms with Gasteiger partial charge in [0.1, 0.15) is 5.82 Å². The molecule has 14 heavy (non-hydrogen) atoms. The number of carbonyl (C=O) groups excluding carboxylic acids is 1. The Balaban J connectivity index is 2.87. The van der Waals surface area contributed by atoms with Crippen molar-refractivity contribution in [1.29, 1.82) is 0 Å². The van der Waals surface area contributed by atoms with Crippen molar-refractivity contribution in [3.63, 3.8) is 0 Å². The van der Waals surface area contributed by atoms with Gasteiger partial charge in [-0.3, -0.25) is 4.79 Å². The second kappa shape index (κ2) is 4.00. The molecule has 0 aliphatic carbocycles. The Morgan fingerprint density at radius 1 is 1.43 bits per heavy atom. The number of benzene rings is 1. The number of hydrogen-bond acceptors (Lipinski definition) is 2. The lowest BCUT2D eigenvalue weighted by molar-refractivity contribution is -0.148. The molecule has 0 aromatic heterocycles. The standard InChI is InChI=1S/C10H9FO3/c1-6-2-3-7(8(11)4-6)5-9(12)10(13)14/h2-4H,5H2,1H3,(H,13,14). The number of carboxylic acids is 1. The highest BCUT2D eigenvalue weighted by Gasteiger charge is 2.14. The summed E-state index contributed by atoms with van der Waals surface area (Å²) in [6, 6.07) is 4.32. The molecule has 0 aliphatic rings. The molecule has 0 bridgehead atoms. The molecule has 0 amide bonds. The number of rotatable bonds is 3. The molecule has 3 nitrogen and oxygen atoms in total. The second-order valence-electron chi connectivity index (χ2n) is 3.00. The van der Waals surface area contributed by atoms with Crippen LogP contribution >= 0.6 is 0 Å². The number of carbonyl (C=O) groups is 2. The van der Waals surface area contributed by atoms with E-state index in [1.54, 1.807) is 13.0 Å². The van der Waals surface area contributed by atoms with Crippen molar-refractivity contribution in [2.75, 3.05) is 0 Å². The predicted molar refractivity (Wildman–Crippen MR) is 47.5 cm³/mol. The zero-order chi connectivity index (χ0) is 10.7. The Bertz CT molecular complexity index is 385. The smallest absolute Gasteiger partial charge is 0.372 e. The first-order valence-electron chi connectivity index (χ1n) is 4.02. The van der Waals surface area contributed by atoms with Crippen LogP contribution in [-0.4, -0.2) is 16.9 Å². The molecule has 0 unspecified atom stereocenters. The van der Waals surface area contributed by atoms with Crippen molar-refractivity contribution in [3.8, 4) is 0 Å². The molecule has 1 rings (SSSR count). The first-order chi connectivity index (χ1) is 6.50. The molecule has 0 heterocycles. The van der Waals surface area contributed by atoms with Gasteiger partial charge in [-0.15, -0.1) is 0 Å². The quantitative estimate of drug-likeness (QED) is 0.742. The maximum Gasteiger partial charge on any atom is 0.372 e. The number of carboxylic acid groups (broad SMARTS) is 1. The van der Waals surface area contributed by atoms with E-state index in [0.29, 0.717) is 0 Å². The van der Waals surface area contributed by atoms with E-state index in [0.717, 1.165) is 5.56 Å². The zero-order valence-corrected chi connectivity index (χ0v) is 7.58. The Hall–Kier alpha value is -1.71. The van der Waals surface area contributed by atoms with Crippen molar-refractivity contribution >= 4 is 11.8 Å². The molecular formula is C10H9FO3. The van der Waals surface area contributed by atoms with E-state index in [1.165, 1.54) is 12.1 Å². The molecule has 0 spiro atoms. The summed E-state index contributed by atoms with van der Waals surface area (Å²) in [5.74, 6) is -3.09. The van der Waals surface area contributed by atoms with Crippen LogP contribution in [0, 0.1) is 12.7 Å². The Morgan fingerprint density at radius 3 is 2.57 bits per heavy atom. The van der Waals surface area contributed by atoms with Crippen LogP contribution in [0.25, 0.3) is 0 Å². The summed E-state index contributed by atoms with van der Waals surface area (Å²) in [6.07, 6.45) is -0.401. The fourth-order valence-corrected chi connectivity index (χ4v) is 1.04. The Morgan fingerprint density at radius 2 is 2.07 bits per heavy atom.